The van der Waals surface area contributed by atoms with Gasteiger partial charge in [0.2, 0.25) is 5.95 Å². The monoisotopic (exact) mass is 742 g/mol. The van der Waals surface area contributed by atoms with Crippen molar-refractivity contribution in [3.63, 3.8) is 0 Å². The predicted octanol–water partition coefficient (Wildman–Crippen LogP) is 9.18. The number of fused-ring (bicyclic) bond motifs is 1. The molecule has 0 radical (unpaired) electrons. The minimum atomic E-state index is -2.75. The van der Waals surface area contributed by atoms with E-state index in [1.54, 1.807) is 39.0 Å². The second-order valence-corrected chi connectivity index (χ2v) is 17.9. The molecular weight excluding hydrogens is 699 g/mol. The van der Waals surface area contributed by atoms with Crippen molar-refractivity contribution in [2.75, 3.05) is 31.1 Å². The maximum Gasteiger partial charge on any atom is 0.229 e. The van der Waals surface area contributed by atoms with Gasteiger partial charge in [0.1, 0.15) is 24.2 Å². The van der Waals surface area contributed by atoms with Gasteiger partial charge in [0, 0.05) is 37.4 Å². The number of hydrogen-bond donors (Lipinski definition) is 2. The highest BCUT2D eigenvalue weighted by Crippen LogP contribution is 2.47. The Morgan fingerprint density at radius 2 is 1.65 bits per heavy atom. The molecule has 3 heterocycles. The normalized spacial score (nSPS) is 18.8. The van der Waals surface area contributed by atoms with E-state index in [1.165, 1.54) is 63.4 Å². The SMILES string of the molecule is COc1cc(C2CCC(C3CCCCC3)CC2)c(-c2cnn(C)c2)cc1Nc1ncc(Br)c(Nc2ccc3nccnc3c2P(C)(C)=O)n1. The number of nitrogens with zero attached hydrogens (tertiary/aromatic N) is 6. The number of benzene rings is 2. The van der Waals surface area contributed by atoms with Crippen molar-refractivity contribution < 1.29 is 9.30 Å². The molecule has 2 aliphatic rings. The Hall–Kier alpha value is -3.82. The molecule has 2 saturated carbocycles. The highest BCUT2D eigenvalue weighted by atomic mass is 79.9. The Morgan fingerprint density at radius 1 is 0.898 bits per heavy atom. The van der Waals surface area contributed by atoms with Crippen LogP contribution in [0.5, 0.6) is 5.75 Å². The minimum absolute atomic E-state index is 0.389. The Labute approximate surface area is 296 Å². The summed E-state index contributed by atoms with van der Waals surface area (Å²) in [7, 11) is 0.909. The van der Waals surface area contributed by atoms with Gasteiger partial charge in [-0.2, -0.15) is 10.1 Å². The first-order valence-electron chi connectivity index (χ1n) is 17.2. The van der Waals surface area contributed by atoms with E-state index in [0.29, 0.717) is 44.2 Å². The van der Waals surface area contributed by atoms with Crippen LogP contribution in [0.25, 0.3) is 22.2 Å². The number of aryl methyl sites for hydroxylation is 1. The van der Waals surface area contributed by atoms with Crippen molar-refractivity contribution in [2.45, 2.75) is 63.7 Å². The minimum Gasteiger partial charge on any atom is -0.495 e. The van der Waals surface area contributed by atoms with Crippen molar-refractivity contribution in [2.24, 2.45) is 18.9 Å². The summed E-state index contributed by atoms with van der Waals surface area (Å²) < 4.78 is 22.0. The maximum atomic E-state index is 13.5. The Bertz CT molecular complexity index is 2010. The molecule has 7 rings (SSSR count). The summed E-state index contributed by atoms with van der Waals surface area (Å²) in [6.07, 6.45) is 21.0. The van der Waals surface area contributed by atoms with Crippen molar-refractivity contribution in [3.05, 3.63) is 65.3 Å². The van der Waals surface area contributed by atoms with Gasteiger partial charge in [0.05, 0.1) is 40.0 Å². The van der Waals surface area contributed by atoms with Crippen molar-refractivity contribution in [3.8, 4) is 16.9 Å². The van der Waals surface area contributed by atoms with E-state index >= 15 is 0 Å². The summed E-state index contributed by atoms with van der Waals surface area (Å²) in [6.45, 7) is 3.48. The molecule has 0 bridgehead atoms. The first-order chi connectivity index (χ1) is 23.7. The van der Waals surface area contributed by atoms with Gasteiger partial charge in [0.25, 0.3) is 0 Å². The van der Waals surface area contributed by atoms with Gasteiger partial charge in [-0.1, -0.05) is 32.1 Å². The third-order valence-corrected chi connectivity index (χ3v) is 12.4. The second-order valence-electron chi connectivity index (χ2n) is 13.9. The Morgan fingerprint density at radius 3 is 2.37 bits per heavy atom. The van der Waals surface area contributed by atoms with Gasteiger partial charge in [-0.05, 0) is 108 Å². The van der Waals surface area contributed by atoms with Crippen LogP contribution in [-0.4, -0.2) is 50.2 Å². The lowest BCUT2D eigenvalue weighted by Crippen LogP contribution is -2.23. The van der Waals surface area contributed by atoms with E-state index in [0.717, 1.165) is 34.4 Å². The third-order valence-electron chi connectivity index (χ3n) is 10.3. The smallest absolute Gasteiger partial charge is 0.229 e. The van der Waals surface area contributed by atoms with Gasteiger partial charge < -0.3 is 19.9 Å². The van der Waals surface area contributed by atoms with Crippen LogP contribution in [-0.2, 0) is 11.6 Å². The predicted molar refractivity (Wildman–Crippen MR) is 201 cm³/mol. The highest BCUT2D eigenvalue weighted by Gasteiger charge is 2.31. The van der Waals surface area contributed by atoms with Crippen LogP contribution in [0.1, 0.15) is 69.3 Å². The Kier molecular flexibility index (Phi) is 9.75. The molecule has 2 aromatic carbocycles. The fraction of sp³-hybridized carbons (Fsp3) is 0.432. The zero-order valence-corrected chi connectivity index (χ0v) is 31.1. The molecule has 0 amide bonds. The van der Waals surface area contributed by atoms with E-state index in [9.17, 15) is 4.57 Å². The molecule has 0 spiro atoms. The molecule has 3 aromatic heterocycles. The number of halogens is 1. The maximum absolute atomic E-state index is 13.5. The average molecular weight is 744 g/mol. The van der Waals surface area contributed by atoms with Gasteiger partial charge in [-0.15, -0.1) is 0 Å². The summed E-state index contributed by atoms with van der Waals surface area (Å²) in [5.74, 6) is 3.89. The second kappa shape index (κ2) is 14.2. The van der Waals surface area contributed by atoms with Crippen LogP contribution in [0.2, 0.25) is 0 Å². The largest absolute Gasteiger partial charge is 0.495 e. The van der Waals surface area contributed by atoms with Crippen LogP contribution in [0.3, 0.4) is 0 Å². The molecule has 0 unspecified atom stereocenters. The molecule has 49 heavy (non-hydrogen) atoms. The molecular formula is C37H44BrN8O2P. The van der Waals surface area contributed by atoms with Gasteiger partial charge in [0.15, 0.2) is 0 Å². The van der Waals surface area contributed by atoms with Gasteiger partial charge >= 0.3 is 0 Å². The molecule has 2 N–H and O–H groups in total. The van der Waals surface area contributed by atoms with Crippen LogP contribution < -0.4 is 20.7 Å². The first-order valence-corrected chi connectivity index (χ1v) is 20.6. The van der Waals surface area contributed by atoms with Crippen LogP contribution in [0.4, 0.5) is 23.1 Å². The highest BCUT2D eigenvalue weighted by molar-refractivity contribution is 9.10. The number of methoxy groups -OCH3 is 1. The van der Waals surface area contributed by atoms with Crippen LogP contribution in [0.15, 0.2) is 59.7 Å². The molecule has 0 saturated heterocycles. The fourth-order valence-corrected chi connectivity index (χ4v) is 9.63. The number of anilines is 4. The number of ether oxygens (including phenoxy) is 1. The third kappa shape index (κ3) is 7.24. The van der Waals surface area contributed by atoms with Crippen molar-refractivity contribution in [1.82, 2.24) is 29.7 Å². The zero-order valence-electron chi connectivity index (χ0n) is 28.6. The quantitative estimate of drug-likeness (QED) is 0.143. The van der Waals surface area contributed by atoms with E-state index in [1.807, 2.05) is 30.1 Å². The summed E-state index contributed by atoms with van der Waals surface area (Å²) in [5, 5.41) is 12.0. The van der Waals surface area contributed by atoms with Gasteiger partial charge in [-0.3, -0.25) is 14.6 Å². The van der Waals surface area contributed by atoms with E-state index in [2.05, 4.69) is 64.9 Å². The van der Waals surface area contributed by atoms with Crippen molar-refractivity contribution in [1.29, 1.82) is 0 Å². The lowest BCUT2D eigenvalue weighted by atomic mass is 9.69. The molecule has 0 aliphatic heterocycles. The molecule has 0 atom stereocenters. The van der Waals surface area contributed by atoms with Crippen LogP contribution in [0, 0.1) is 11.8 Å². The van der Waals surface area contributed by atoms with E-state index in [4.69, 9.17) is 9.72 Å². The lowest BCUT2D eigenvalue weighted by Gasteiger charge is -2.36. The molecule has 12 heteroatoms. The molecule has 256 valence electrons. The molecule has 5 aromatic rings. The molecule has 10 nitrogen and oxygen atoms in total. The zero-order chi connectivity index (χ0) is 34.1. The molecule has 2 fully saturated rings. The standard InChI is InChI=1S/C37H44BrN8O2P/c1-46-22-26(20-42-46)27-18-32(33(48-2)19-28(27)25-12-10-24(11-13-25)23-8-6-5-7-9-23)44-37-41-21-29(38)36(45-37)43-31-15-14-30-34(40-17-16-39-30)35(31)49(3,4)47/h14-25H,5-13H2,1-4H3,(H2,41,43,44,45). The topological polar surface area (TPSA) is 120 Å². The summed E-state index contributed by atoms with van der Waals surface area (Å²) in [4.78, 5) is 18.3. The Balaban J connectivity index is 1.20. The number of nitrogens with one attached hydrogen (secondary N) is 2. The van der Waals surface area contributed by atoms with E-state index < -0.39 is 7.14 Å². The first kappa shape index (κ1) is 33.7. The fourth-order valence-electron chi connectivity index (χ4n) is 7.95. The summed E-state index contributed by atoms with van der Waals surface area (Å²) in [6, 6.07) is 8.10. The average Bonchev–Trinajstić information content (AvgIpc) is 3.55. The number of hydrogen-bond acceptors (Lipinski definition) is 9. The lowest BCUT2D eigenvalue weighted by molar-refractivity contribution is 0.186. The van der Waals surface area contributed by atoms with Gasteiger partial charge in [-0.25, -0.2) is 4.98 Å². The van der Waals surface area contributed by atoms with Crippen LogP contribution >= 0.6 is 23.1 Å². The summed E-state index contributed by atoms with van der Waals surface area (Å²) in [5.41, 5.74) is 6.26. The number of aromatic nitrogens is 6. The van der Waals surface area contributed by atoms with E-state index in [-0.39, 0.29) is 0 Å². The molecule has 2 aliphatic carbocycles. The van der Waals surface area contributed by atoms with Crippen molar-refractivity contribution >= 4 is 62.6 Å². The summed E-state index contributed by atoms with van der Waals surface area (Å²) >= 11 is 3.61. The number of rotatable bonds is 9.